The predicted molar refractivity (Wildman–Crippen MR) is 76.2 cm³/mol. The van der Waals surface area contributed by atoms with Crippen molar-refractivity contribution in [3.8, 4) is 0 Å². The van der Waals surface area contributed by atoms with Gasteiger partial charge in [0.2, 0.25) is 11.8 Å². The molecule has 2 fully saturated rings. The van der Waals surface area contributed by atoms with Gasteiger partial charge in [0.05, 0.1) is 0 Å². The summed E-state index contributed by atoms with van der Waals surface area (Å²) >= 11 is 6.13. The summed E-state index contributed by atoms with van der Waals surface area (Å²) in [6.45, 7) is 0.404. The average Bonchev–Trinajstić information content (AvgIpc) is 3.16. The van der Waals surface area contributed by atoms with Crippen molar-refractivity contribution in [3.63, 3.8) is 0 Å². The van der Waals surface area contributed by atoms with Crippen LogP contribution in [0.25, 0.3) is 0 Å². The molecule has 4 nitrogen and oxygen atoms in total. The fourth-order valence-electron chi connectivity index (χ4n) is 2.54. The molecule has 20 heavy (non-hydrogen) atoms. The molecule has 1 atom stereocenters. The predicted octanol–water partition coefficient (Wildman–Crippen LogP) is 2.11. The number of hydrogen-bond donors (Lipinski definition) is 1. The number of benzene rings is 1. The number of carbonyl (C=O) groups is 2. The Bertz CT molecular complexity index is 542. The number of nitrogens with one attached hydrogen (secondary N) is 1. The molecule has 1 heterocycles. The lowest BCUT2D eigenvalue weighted by Gasteiger charge is -2.24. The fraction of sp³-hybridized carbons (Fsp3) is 0.467. The van der Waals surface area contributed by atoms with Crippen molar-refractivity contribution in [2.45, 2.75) is 44.3 Å². The number of rotatable bonds is 4. The summed E-state index contributed by atoms with van der Waals surface area (Å²) in [4.78, 5) is 25.8. The second-order valence-electron chi connectivity index (χ2n) is 5.45. The first kappa shape index (κ1) is 13.4. The topological polar surface area (TPSA) is 49.4 Å². The van der Waals surface area contributed by atoms with E-state index in [4.69, 9.17) is 11.6 Å². The quantitative estimate of drug-likeness (QED) is 0.924. The van der Waals surface area contributed by atoms with Gasteiger partial charge in [0.25, 0.3) is 0 Å². The smallest absolute Gasteiger partial charge is 0.243 e. The summed E-state index contributed by atoms with van der Waals surface area (Å²) in [6.07, 6.45) is 3.14. The first-order valence-electron chi connectivity index (χ1n) is 6.98. The normalized spacial score (nSPS) is 22.1. The van der Waals surface area contributed by atoms with Crippen LogP contribution in [0.1, 0.15) is 31.2 Å². The van der Waals surface area contributed by atoms with Crippen LogP contribution in [0.3, 0.4) is 0 Å². The highest BCUT2D eigenvalue weighted by molar-refractivity contribution is 6.31. The van der Waals surface area contributed by atoms with E-state index in [2.05, 4.69) is 5.32 Å². The first-order valence-corrected chi connectivity index (χ1v) is 7.36. The van der Waals surface area contributed by atoms with Crippen molar-refractivity contribution < 1.29 is 9.59 Å². The van der Waals surface area contributed by atoms with Gasteiger partial charge in [-0.15, -0.1) is 0 Å². The third-order valence-corrected chi connectivity index (χ3v) is 4.22. The van der Waals surface area contributed by atoms with E-state index in [1.807, 2.05) is 18.2 Å². The van der Waals surface area contributed by atoms with Crippen LogP contribution in [0.5, 0.6) is 0 Å². The van der Waals surface area contributed by atoms with E-state index in [1.54, 1.807) is 11.0 Å². The maximum atomic E-state index is 12.2. The van der Waals surface area contributed by atoms with Crippen LogP contribution in [0.15, 0.2) is 24.3 Å². The van der Waals surface area contributed by atoms with E-state index >= 15 is 0 Å². The van der Waals surface area contributed by atoms with Gasteiger partial charge in [-0.25, -0.2) is 0 Å². The highest BCUT2D eigenvalue weighted by Gasteiger charge is 2.38. The van der Waals surface area contributed by atoms with Gasteiger partial charge in [0, 0.05) is 24.0 Å². The summed E-state index contributed by atoms with van der Waals surface area (Å²) in [6, 6.07) is 7.41. The Morgan fingerprint density at radius 2 is 2.05 bits per heavy atom. The molecular formula is C15H17ClN2O2. The molecule has 3 rings (SSSR count). The van der Waals surface area contributed by atoms with E-state index in [0.717, 1.165) is 18.4 Å². The summed E-state index contributed by atoms with van der Waals surface area (Å²) < 4.78 is 0. The van der Waals surface area contributed by atoms with Crippen molar-refractivity contribution in [3.05, 3.63) is 34.9 Å². The molecule has 2 aliphatic rings. The standard InChI is InChI=1S/C15H17ClN2O2/c16-12-4-2-1-3-10(12)9-18-13(7-8-14(18)19)15(20)17-11-5-6-11/h1-4,11,13H,5-9H2,(H,17,20). The lowest BCUT2D eigenvalue weighted by molar-refractivity contribution is -0.135. The van der Waals surface area contributed by atoms with Gasteiger partial charge in [0.1, 0.15) is 6.04 Å². The van der Waals surface area contributed by atoms with E-state index in [1.165, 1.54) is 0 Å². The molecule has 0 spiro atoms. The van der Waals surface area contributed by atoms with Crippen LogP contribution < -0.4 is 5.32 Å². The summed E-state index contributed by atoms with van der Waals surface area (Å²) in [5.41, 5.74) is 0.883. The minimum absolute atomic E-state index is 0.0228. The van der Waals surface area contributed by atoms with Gasteiger partial charge in [-0.1, -0.05) is 29.8 Å². The number of halogens is 1. The highest BCUT2D eigenvalue weighted by Crippen LogP contribution is 2.26. The van der Waals surface area contributed by atoms with Crippen LogP contribution in [0.4, 0.5) is 0 Å². The summed E-state index contributed by atoms with van der Waals surface area (Å²) in [5.74, 6) is 0.00581. The van der Waals surface area contributed by atoms with Crippen LogP contribution >= 0.6 is 11.6 Å². The zero-order valence-corrected chi connectivity index (χ0v) is 11.9. The molecule has 106 valence electrons. The van der Waals surface area contributed by atoms with Gasteiger partial charge < -0.3 is 10.2 Å². The maximum absolute atomic E-state index is 12.2. The van der Waals surface area contributed by atoms with Crippen molar-refractivity contribution in [2.24, 2.45) is 0 Å². The van der Waals surface area contributed by atoms with Gasteiger partial charge in [0.15, 0.2) is 0 Å². The largest absolute Gasteiger partial charge is 0.352 e. The molecule has 0 aromatic heterocycles. The SMILES string of the molecule is O=C(NC1CC1)C1CCC(=O)N1Cc1ccccc1Cl. The number of nitrogens with zero attached hydrogens (tertiary/aromatic N) is 1. The molecule has 1 aromatic carbocycles. The van der Waals surface area contributed by atoms with Crippen molar-refractivity contribution >= 4 is 23.4 Å². The molecule has 1 saturated carbocycles. The second-order valence-corrected chi connectivity index (χ2v) is 5.86. The monoisotopic (exact) mass is 292 g/mol. The van der Waals surface area contributed by atoms with E-state index in [0.29, 0.717) is 30.5 Å². The maximum Gasteiger partial charge on any atom is 0.243 e. The van der Waals surface area contributed by atoms with Crippen LogP contribution in [-0.2, 0) is 16.1 Å². The third-order valence-electron chi connectivity index (χ3n) is 3.85. The third kappa shape index (κ3) is 2.80. The Hall–Kier alpha value is -1.55. The highest BCUT2D eigenvalue weighted by atomic mass is 35.5. The molecular weight excluding hydrogens is 276 g/mol. The lowest BCUT2D eigenvalue weighted by atomic mass is 10.1. The van der Waals surface area contributed by atoms with E-state index in [-0.39, 0.29) is 17.9 Å². The molecule has 1 aromatic rings. The summed E-state index contributed by atoms with van der Waals surface area (Å²) in [7, 11) is 0. The number of carbonyl (C=O) groups excluding carboxylic acids is 2. The fourth-order valence-corrected chi connectivity index (χ4v) is 2.74. The summed E-state index contributed by atoms with van der Waals surface area (Å²) in [5, 5.41) is 3.61. The van der Waals surface area contributed by atoms with E-state index in [9.17, 15) is 9.59 Å². The molecule has 1 aliphatic carbocycles. The molecule has 0 radical (unpaired) electrons. The minimum atomic E-state index is -0.348. The number of amides is 2. The van der Waals surface area contributed by atoms with E-state index < -0.39 is 0 Å². The van der Waals surface area contributed by atoms with Crippen molar-refractivity contribution in [1.29, 1.82) is 0 Å². The molecule has 1 unspecified atom stereocenters. The Balaban J connectivity index is 1.73. The van der Waals surface area contributed by atoms with Crippen molar-refractivity contribution in [1.82, 2.24) is 10.2 Å². The van der Waals surface area contributed by atoms with Gasteiger partial charge in [-0.05, 0) is 30.9 Å². The molecule has 0 bridgehead atoms. The van der Waals surface area contributed by atoms with Gasteiger partial charge >= 0.3 is 0 Å². The second kappa shape index (κ2) is 5.44. The van der Waals surface area contributed by atoms with Crippen LogP contribution in [0, 0.1) is 0 Å². The molecule has 2 amide bonds. The number of likely N-dealkylation sites (tertiary alicyclic amines) is 1. The Kier molecular flexibility index (Phi) is 3.66. The van der Waals surface area contributed by atoms with Gasteiger partial charge in [-0.2, -0.15) is 0 Å². The lowest BCUT2D eigenvalue weighted by Crippen LogP contribution is -2.45. The zero-order chi connectivity index (χ0) is 14.1. The molecule has 1 aliphatic heterocycles. The first-order chi connectivity index (χ1) is 9.65. The minimum Gasteiger partial charge on any atom is -0.352 e. The van der Waals surface area contributed by atoms with Crippen LogP contribution in [0.2, 0.25) is 5.02 Å². The van der Waals surface area contributed by atoms with Crippen molar-refractivity contribution in [2.75, 3.05) is 0 Å². The zero-order valence-electron chi connectivity index (χ0n) is 11.1. The Morgan fingerprint density at radius 3 is 2.75 bits per heavy atom. The van der Waals surface area contributed by atoms with Crippen LogP contribution in [-0.4, -0.2) is 28.8 Å². The molecule has 1 saturated heterocycles. The Morgan fingerprint density at radius 1 is 1.30 bits per heavy atom. The molecule has 1 N–H and O–H groups in total. The Labute approximate surface area is 123 Å². The molecule has 5 heteroatoms. The average molecular weight is 293 g/mol. The number of hydrogen-bond acceptors (Lipinski definition) is 2. The van der Waals surface area contributed by atoms with Gasteiger partial charge in [-0.3, -0.25) is 9.59 Å².